The second-order valence-electron chi connectivity index (χ2n) is 5.12. The normalized spacial score (nSPS) is 11.2. The zero-order valence-electron chi connectivity index (χ0n) is 12.3. The largest absolute Gasteiger partial charge is 0.461 e. The molecule has 0 atom stereocenters. The molecule has 0 aliphatic heterocycles. The van der Waals surface area contributed by atoms with Gasteiger partial charge >= 0.3 is 0 Å². The van der Waals surface area contributed by atoms with Gasteiger partial charge in [-0.15, -0.1) is 10.2 Å². The van der Waals surface area contributed by atoms with Crippen molar-refractivity contribution in [1.82, 2.24) is 19.8 Å². The van der Waals surface area contributed by atoms with Crippen LogP contribution < -0.4 is 0 Å². The molecule has 0 amide bonds. The number of carbonyl (C=O) groups excluding carboxylic acids is 1. The van der Waals surface area contributed by atoms with E-state index in [-0.39, 0.29) is 5.78 Å². The third kappa shape index (κ3) is 2.55. The summed E-state index contributed by atoms with van der Waals surface area (Å²) in [5.74, 6) is 1.12. The van der Waals surface area contributed by atoms with Gasteiger partial charge in [0.15, 0.2) is 11.6 Å². The highest BCUT2D eigenvalue weighted by Gasteiger charge is 2.12. The first kappa shape index (κ1) is 13.8. The molecule has 3 heterocycles. The van der Waals surface area contributed by atoms with E-state index in [2.05, 4.69) is 15.3 Å². The van der Waals surface area contributed by atoms with Crippen LogP contribution in [0.3, 0.4) is 0 Å². The van der Waals surface area contributed by atoms with Crippen molar-refractivity contribution in [2.75, 3.05) is 0 Å². The maximum Gasteiger partial charge on any atom is 0.234 e. The van der Waals surface area contributed by atoms with E-state index in [9.17, 15) is 4.79 Å². The first-order valence-electron chi connectivity index (χ1n) is 7.05. The number of Topliss-reactive ketones (excluding diaryl/α,β-unsaturated/α-hetero) is 1. The molecule has 0 saturated carbocycles. The summed E-state index contributed by atoms with van der Waals surface area (Å²) in [5, 5.41) is 13.4. The van der Waals surface area contributed by atoms with Crippen molar-refractivity contribution < 1.29 is 9.21 Å². The minimum Gasteiger partial charge on any atom is -0.461 e. The van der Waals surface area contributed by atoms with Gasteiger partial charge in [-0.3, -0.25) is 4.79 Å². The summed E-state index contributed by atoms with van der Waals surface area (Å²) in [4.78, 5) is 12.8. The van der Waals surface area contributed by atoms with Crippen molar-refractivity contribution in [3.05, 3.63) is 59.8 Å². The molecule has 0 fully saturated rings. The predicted molar refractivity (Wildman–Crippen MR) is 85.6 cm³/mol. The molecule has 0 bridgehead atoms. The van der Waals surface area contributed by atoms with Crippen LogP contribution in [0.15, 0.2) is 47.1 Å². The molecule has 7 heteroatoms. The molecule has 4 rings (SSSR count). The van der Waals surface area contributed by atoms with E-state index in [1.54, 1.807) is 16.6 Å². The van der Waals surface area contributed by atoms with Crippen molar-refractivity contribution >= 4 is 22.1 Å². The average Bonchev–Trinajstić information content (AvgIpc) is 3.27. The zero-order valence-corrected chi connectivity index (χ0v) is 13.1. The topological polar surface area (TPSA) is 73.3 Å². The van der Waals surface area contributed by atoms with Gasteiger partial charge in [-0.25, -0.2) is 0 Å². The fourth-order valence-electron chi connectivity index (χ4n) is 2.31. The standard InChI is InChI=1S/C16H12N4O2S/c1-10-17-18-16-20(10)19-15(23-16)12-6-4-11(5-7-12)9-13(21)14-3-2-8-22-14/h2-8H,9H2,1H3. The first-order chi connectivity index (χ1) is 11.2. The number of aryl methyl sites for hydroxylation is 1. The fraction of sp³-hybridized carbons (Fsp3) is 0.125. The summed E-state index contributed by atoms with van der Waals surface area (Å²) in [5.41, 5.74) is 1.93. The summed E-state index contributed by atoms with van der Waals surface area (Å²) in [6.45, 7) is 1.87. The van der Waals surface area contributed by atoms with Crippen LogP contribution in [0.5, 0.6) is 0 Å². The maximum atomic E-state index is 12.0. The van der Waals surface area contributed by atoms with Gasteiger partial charge in [0.25, 0.3) is 0 Å². The van der Waals surface area contributed by atoms with Crippen LogP contribution in [0.25, 0.3) is 15.5 Å². The molecule has 0 aliphatic carbocycles. The first-order valence-corrected chi connectivity index (χ1v) is 7.87. The lowest BCUT2D eigenvalue weighted by molar-refractivity contribution is 0.0966. The highest BCUT2D eigenvalue weighted by Crippen LogP contribution is 2.25. The third-order valence-corrected chi connectivity index (χ3v) is 4.46. The number of nitrogens with zero attached hydrogens (tertiary/aromatic N) is 4. The Bertz CT molecular complexity index is 968. The van der Waals surface area contributed by atoms with Crippen molar-refractivity contribution in [3.8, 4) is 10.6 Å². The van der Waals surface area contributed by atoms with Crippen LogP contribution in [0.4, 0.5) is 0 Å². The molecule has 6 nitrogen and oxygen atoms in total. The van der Waals surface area contributed by atoms with Crippen molar-refractivity contribution in [2.24, 2.45) is 0 Å². The Morgan fingerprint density at radius 1 is 1.22 bits per heavy atom. The summed E-state index contributed by atoms with van der Waals surface area (Å²) >= 11 is 1.49. The molecular formula is C16H12N4O2S. The van der Waals surface area contributed by atoms with E-state index in [4.69, 9.17) is 4.42 Å². The van der Waals surface area contributed by atoms with Crippen molar-refractivity contribution in [1.29, 1.82) is 0 Å². The average molecular weight is 324 g/mol. The second-order valence-corrected chi connectivity index (χ2v) is 6.08. The summed E-state index contributed by atoms with van der Waals surface area (Å²) in [6.07, 6.45) is 1.82. The quantitative estimate of drug-likeness (QED) is 0.539. The summed E-state index contributed by atoms with van der Waals surface area (Å²) in [6, 6.07) is 11.2. The van der Waals surface area contributed by atoms with Gasteiger partial charge in [-0.2, -0.15) is 9.61 Å². The number of furan rings is 1. The Kier molecular flexibility index (Phi) is 3.27. The lowest BCUT2D eigenvalue weighted by Gasteiger charge is -2.01. The van der Waals surface area contributed by atoms with Crippen LogP contribution in [-0.2, 0) is 6.42 Å². The van der Waals surface area contributed by atoms with Crippen molar-refractivity contribution in [3.63, 3.8) is 0 Å². The lowest BCUT2D eigenvalue weighted by atomic mass is 10.1. The summed E-state index contributed by atoms with van der Waals surface area (Å²) < 4.78 is 6.85. The monoisotopic (exact) mass is 324 g/mol. The van der Waals surface area contributed by atoms with Gasteiger partial charge in [-0.05, 0) is 24.6 Å². The molecule has 23 heavy (non-hydrogen) atoms. The zero-order chi connectivity index (χ0) is 15.8. The smallest absolute Gasteiger partial charge is 0.234 e. The molecule has 114 valence electrons. The highest BCUT2D eigenvalue weighted by atomic mass is 32.1. The van der Waals surface area contributed by atoms with E-state index in [0.717, 1.165) is 26.9 Å². The Morgan fingerprint density at radius 2 is 2.04 bits per heavy atom. The molecule has 0 aliphatic rings. The number of aromatic nitrogens is 4. The Hall–Kier alpha value is -2.80. The molecule has 0 radical (unpaired) electrons. The van der Waals surface area contributed by atoms with Gasteiger partial charge < -0.3 is 4.42 Å². The number of fused-ring (bicyclic) bond motifs is 1. The molecular weight excluding hydrogens is 312 g/mol. The number of hydrogen-bond donors (Lipinski definition) is 0. The van der Waals surface area contributed by atoms with Crippen molar-refractivity contribution in [2.45, 2.75) is 13.3 Å². The van der Waals surface area contributed by atoms with Crippen LogP contribution >= 0.6 is 11.3 Å². The van der Waals surface area contributed by atoms with E-state index in [1.165, 1.54) is 17.6 Å². The Balaban J connectivity index is 1.56. The molecule has 0 saturated heterocycles. The van der Waals surface area contributed by atoms with E-state index in [1.807, 2.05) is 31.2 Å². The number of carbonyl (C=O) groups is 1. The maximum absolute atomic E-state index is 12.0. The molecule has 0 unspecified atom stereocenters. The number of ketones is 1. The van der Waals surface area contributed by atoms with Gasteiger partial charge in [-0.1, -0.05) is 35.6 Å². The summed E-state index contributed by atoms with van der Waals surface area (Å²) in [7, 11) is 0. The molecule has 0 spiro atoms. The van der Waals surface area contributed by atoms with Gasteiger partial charge in [0.05, 0.1) is 6.26 Å². The minimum atomic E-state index is -0.0304. The SMILES string of the molecule is Cc1nnc2sc(-c3ccc(CC(=O)c4ccco4)cc3)nn12. The minimum absolute atomic E-state index is 0.0304. The van der Waals surface area contributed by atoms with Crippen LogP contribution in [0.2, 0.25) is 0 Å². The van der Waals surface area contributed by atoms with Crippen LogP contribution in [0.1, 0.15) is 21.9 Å². The predicted octanol–water partition coefficient (Wildman–Crippen LogP) is 3.18. The van der Waals surface area contributed by atoms with Crippen LogP contribution in [0, 0.1) is 6.92 Å². The van der Waals surface area contributed by atoms with Gasteiger partial charge in [0.1, 0.15) is 5.01 Å². The molecule has 0 N–H and O–H groups in total. The number of benzene rings is 1. The van der Waals surface area contributed by atoms with E-state index >= 15 is 0 Å². The third-order valence-electron chi connectivity index (χ3n) is 3.51. The van der Waals surface area contributed by atoms with Crippen LogP contribution in [-0.4, -0.2) is 25.6 Å². The molecule has 1 aromatic carbocycles. The lowest BCUT2D eigenvalue weighted by Crippen LogP contribution is -2.01. The Labute approximate surface area is 135 Å². The van der Waals surface area contributed by atoms with E-state index < -0.39 is 0 Å². The highest BCUT2D eigenvalue weighted by molar-refractivity contribution is 7.19. The molecule has 4 aromatic rings. The Morgan fingerprint density at radius 3 is 2.74 bits per heavy atom. The van der Waals surface area contributed by atoms with Gasteiger partial charge in [0.2, 0.25) is 10.7 Å². The number of hydrogen-bond acceptors (Lipinski definition) is 6. The van der Waals surface area contributed by atoms with E-state index in [0.29, 0.717) is 12.2 Å². The molecule has 3 aromatic heterocycles. The fourth-order valence-corrected chi connectivity index (χ4v) is 3.20. The van der Waals surface area contributed by atoms with Gasteiger partial charge in [0, 0.05) is 12.0 Å². The second kappa shape index (κ2) is 5.44. The number of rotatable bonds is 4.